The number of rotatable bonds is 8. The number of carbonyl (C=O) groups is 3. The fourth-order valence-electron chi connectivity index (χ4n) is 2.61. The molecule has 0 aliphatic carbocycles. The zero-order valence-corrected chi connectivity index (χ0v) is 15.1. The molecule has 0 aromatic carbocycles. The van der Waals surface area contributed by atoms with Crippen molar-refractivity contribution in [2.45, 2.75) is 68.4 Å². The van der Waals surface area contributed by atoms with Crippen LogP contribution in [-0.4, -0.2) is 115 Å². The summed E-state index contributed by atoms with van der Waals surface area (Å²) in [6.45, 7) is 1.14. The van der Waals surface area contributed by atoms with Crippen molar-refractivity contribution in [2.24, 2.45) is 0 Å². The van der Waals surface area contributed by atoms with Gasteiger partial charge in [0.25, 0.3) is 5.79 Å². The van der Waals surface area contributed by atoms with Gasteiger partial charge in [0.1, 0.15) is 42.8 Å². The summed E-state index contributed by atoms with van der Waals surface area (Å²) in [4.78, 5) is 34.6. The van der Waals surface area contributed by atoms with E-state index < -0.39 is 73.0 Å². The van der Waals surface area contributed by atoms with Crippen LogP contribution >= 0.6 is 0 Å². The highest BCUT2D eigenvalue weighted by Crippen LogP contribution is 2.30. The first-order valence-electron chi connectivity index (χ1n) is 8.25. The molecule has 0 unspecified atom stereocenters. The van der Waals surface area contributed by atoms with E-state index in [-0.39, 0.29) is 6.29 Å². The van der Waals surface area contributed by atoms with Crippen molar-refractivity contribution in [1.29, 1.82) is 0 Å². The Morgan fingerprint density at radius 2 is 1.82 bits per heavy atom. The fourth-order valence-corrected chi connectivity index (χ4v) is 2.61. The van der Waals surface area contributed by atoms with E-state index in [1.807, 2.05) is 5.32 Å². The molecule has 0 saturated carbocycles. The highest BCUT2D eigenvalue weighted by atomic mass is 16.7. The second kappa shape index (κ2) is 9.67. The Bertz CT molecular complexity index is 573. The van der Waals surface area contributed by atoms with Gasteiger partial charge in [-0.05, 0) is 6.92 Å². The van der Waals surface area contributed by atoms with Crippen LogP contribution in [0.15, 0.2) is 0 Å². The van der Waals surface area contributed by atoms with E-state index in [2.05, 4.69) is 0 Å². The summed E-state index contributed by atoms with van der Waals surface area (Å²) < 4.78 is 9.57. The quantitative estimate of drug-likeness (QED) is 0.138. The van der Waals surface area contributed by atoms with Gasteiger partial charge in [0, 0.05) is 6.92 Å². The summed E-state index contributed by atoms with van der Waals surface area (Å²) in [5.74, 6) is -5.73. The monoisotopic (exact) mass is 411 g/mol. The standard InChI is InChI=1S/C15H25NO12/c1-5-9(21)11(23)13(24)15(26,28-5)14(25)27-12(8(20)4-18)10(22)7(3-17)16-6(2)19/h3,5,7-13,18,20-24,26H,4H2,1-2H3,(H,16,19)/t5-,7+,8-,9-,10-,11+,12-,13-,15+/m1/s1. The Morgan fingerprint density at radius 3 is 2.29 bits per heavy atom. The molecule has 1 amide bonds. The largest absolute Gasteiger partial charge is 0.453 e. The summed E-state index contributed by atoms with van der Waals surface area (Å²) in [5, 5.41) is 70.7. The fraction of sp³-hybridized carbons (Fsp3) is 0.800. The Labute approximate surface area is 159 Å². The zero-order valence-electron chi connectivity index (χ0n) is 15.1. The number of hydrogen-bond acceptors (Lipinski definition) is 12. The number of aliphatic hydroxyl groups excluding tert-OH is 6. The lowest BCUT2D eigenvalue weighted by Crippen LogP contribution is -2.68. The highest BCUT2D eigenvalue weighted by molar-refractivity contribution is 5.79. The number of aldehydes is 1. The van der Waals surface area contributed by atoms with Crippen molar-refractivity contribution >= 4 is 18.2 Å². The number of aliphatic hydroxyl groups is 7. The zero-order chi connectivity index (χ0) is 21.8. The van der Waals surface area contributed by atoms with Crippen LogP contribution in [0.5, 0.6) is 0 Å². The Balaban J connectivity index is 3.10. The Kier molecular flexibility index (Phi) is 8.40. The minimum absolute atomic E-state index is 0.0832. The molecule has 162 valence electrons. The molecule has 1 aliphatic heterocycles. The van der Waals surface area contributed by atoms with Gasteiger partial charge >= 0.3 is 5.97 Å². The van der Waals surface area contributed by atoms with E-state index >= 15 is 0 Å². The third-order valence-corrected chi connectivity index (χ3v) is 4.24. The average Bonchev–Trinajstić information content (AvgIpc) is 2.65. The molecule has 9 atom stereocenters. The van der Waals surface area contributed by atoms with E-state index in [1.165, 1.54) is 6.92 Å². The minimum Gasteiger partial charge on any atom is -0.453 e. The summed E-state index contributed by atoms with van der Waals surface area (Å²) in [5.41, 5.74) is 0. The molecule has 1 rings (SSSR count). The number of hydrogen-bond donors (Lipinski definition) is 8. The van der Waals surface area contributed by atoms with Crippen LogP contribution in [-0.2, 0) is 23.9 Å². The molecule has 1 heterocycles. The Morgan fingerprint density at radius 1 is 1.25 bits per heavy atom. The van der Waals surface area contributed by atoms with Crippen molar-refractivity contribution in [2.75, 3.05) is 6.61 Å². The van der Waals surface area contributed by atoms with Crippen molar-refractivity contribution in [3.63, 3.8) is 0 Å². The smallest absolute Gasteiger partial charge is 0.370 e. The van der Waals surface area contributed by atoms with Gasteiger partial charge in [0.15, 0.2) is 6.10 Å². The maximum absolute atomic E-state index is 12.4. The number of esters is 1. The lowest BCUT2D eigenvalue weighted by molar-refractivity contribution is -0.336. The lowest BCUT2D eigenvalue weighted by Gasteiger charge is -2.43. The molecule has 1 fully saturated rings. The normalized spacial score (nSPS) is 34.6. The minimum atomic E-state index is -3.20. The van der Waals surface area contributed by atoms with Gasteiger partial charge in [-0.25, -0.2) is 4.79 Å². The van der Waals surface area contributed by atoms with E-state index in [1.54, 1.807) is 0 Å². The van der Waals surface area contributed by atoms with Gasteiger partial charge in [-0.2, -0.15) is 0 Å². The lowest BCUT2D eigenvalue weighted by atomic mass is 9.93. The third kappa shape index (κ3) is 5.01. The van der Waals surface area contributed by atoms with Crippen LogP contribution in [0.25, 0.3) is 0 Å². The maximum Gasteiger partial charge on any atom is 0.370 e. The predicted molar refractivity (Wildman–Crippen MR) is 86.2 cm³/mol. The van der Waals surface area contributed by atoms with Crippen molar-refractivity contribution in [1.82, 2.24) is 5.32 Å². The van der Waals surface area contributed by atoms with E-state index in [0.29, 0.717) is 0 Å². The summed E-state index contributed by atoms with van der Waals surface area (Å²) in [6.07, 6.45) is -13.4. The summed E-state index contributed by atoms with van der Waals surface area (Å²) >= 11 is 0. The van der Waals surface area contributed by atoms with Gasteiger partial charge in [0.2, 0.25) is 5.91 Å². The molecule has 1 aliphatic rings. The van der Waals surface area contributed by atoms with E-state index in [0.717, 1.165) is 6.92 Å². The molecule has 13 nitrogen and oxygen atoms in total. The number of ether oxygens (including phenoxy) is 2. The molecular weight excluding hydrogens is 386 g/mol. The van der Waals surface area contributed by atoms with Gasteiger partial charge in [-0.1, -0.05) is 0 Å². The van der Waals surface area contributed by atoms with Crippen molar-refractivity contribution < 1.29 is 59.6 Å². The van der Waals surface area contributed by atoms with Crippen molar-refractivity contribution in [3.05, 3.63) is 0 Å². The third-order valence-electron chi connectivity index (χ3n) is 4.24. The van der Waals surface area contributed by atoms with Gasteiger partial charge in [-0.15, -0.1) is 0 Å². The second-order valence-electron chi connectivity index (χ2n) is 6.42. The van der Waals surface area contributed by atoms with Crippen LogP contribution in [0, 0.1) is 0 Å². The molecule has 28 heavy (non-hydrogen) atoms. The van der Waals surface area contributed by atoms with Gasteiger partial charge in [0.05, 0.1) is 12.7 Å². The SMILES string of the molecule is CC(=O)N[C@@H](C=O)[C@@H](O)[C@H](OC(=O)[C@@]1(O)O[C@H](C)[C@@H](O)[C@H](O)[C@H]1O)[C@H](O)CO. The molecule has 13 heteroatoms. The molecule has 0 aromatic rings. The number of carbonyl (C=O) groups excluding carboxylic acids is 3. The van der Waals surface area contributed by atoms with Gasteiger partial charge < -0.3 is 55.3 Å². The predicted octanol–water partition coefficient (Wildman–Crippen LogP) is -5.49. The van der Waals surface area contributed by atoms with Crippen LogP contribution in [0.1, 0.15) is 13.8 Å². The van der Waals surface area contributed by atoms with E-state index in [9.17, 15) is 45.0 Å². The number of nitrogens with one attached hydrogen (secondary N) is 1. The first-order chi connectivity index (χ1) is 12.9. The van der Waals surface area contributed by atoms with Crippen LogP contribution in [0.3, 0.4) is 0 Å². The van der Waals surface area contributed by atoms with Crippen LogP contribution in [0.2, 0.25) is 0 Å². The topological polar surface area (TPSA) is 223 Å². The highest BCUT2D eigenvalue weighted by Gasteiger charge is 2.58. The molecule has 8 N–H and O–H groups in total. The molecule has 1 saturated heterocycles. The molecule has 0 bridgehead atoms. The first-order valence-corrected chi connectivity index (χ1v) is 8.25. The van der Waals surface area contributed by atoms with Gasteiger partial charge in [-0.3, -0.25) is 4.79 Å². The van der Waals surface area contributed by atoms with Crippen molar-refractivity contribution in [3.8, 4) is 0 Å². The molecule has 0 spiro atoms. The summed E-state index contributed by atoms with van der Waals surface area (Å²) in [7, 11) is 0. The molecular formula is C15H25NO12. The van der Waals surface area contributed by atoms with Crippen LogP contribution in [0.4, 0.5) is 0 Å². The number of amides is 1. The average molecular weight is 411 g/mol. The second-order valence-corrected chi connectivity index (χ2v) is 6.42. The summed E-state index contributed by atoms with van der Waals surface area (Å²) in [6, 6.07) is -1.66. The molecule has 0 aromatic heterocycles. The maximum atomic E-state index is 12.4. The van der Waals surface area contributed by atoms with E-state index in [4.69, 9.17) is 14.6 Å². The Hall–Kier alpha value is -1.71. The first kappa shape index (κ1) is 24.3. The molecule has 0 radical (unpaired) electrons. The van der Waals surface area contributed by atoms with Crippen LogP contribution < -0.4 is 5.32 Å².